The lowest BCUT2D eigenvalue weighted by Crippen LogP contribution is -2.38. The molecule has 1 amide bonds. The van der Waals surface area contributed by atoms with E-state index >= 15 is 0 Å². The summed E-state index contributed by atoms with van der Waals surface area (Å²) in [4.78, 5) is 17.3. The number of hydrogen-bond acceptors (Lipinski definition) is 3. The van der Waals surface area contributed by atoms with Crippen LogP contribution in [0.5, 0.6) is 0 Å². The Bertz CT molecular complexity index is 748. The quantitative estimate of drug-likeness (QED) is 0.823. The van der Waals surface area contributed by atoms with Crippen molar-refractivity contribution in [1.29, 1.82) is 0 Å². The van der Waals surface area contributed by atoms with Crippen molar-refractivity contribution in [3.05, 3.63) is 52.8 Å². The smallest absolute Gasteiger partial charge is 0.274 e. The Kier molecular flexibility index (Phi) is 5.77. The Labute approximate surface area is 156 Å². The number of aromatic nitrogens is 2. The van der Waals surface area contributed by atoms with Crippen LogP contribution in [0.2, 0.25) is 0 Å². The van der Waals surface area contributed by atoms with Gasteiger partial charge in [0.1, 0.15) is 0 Å². The van der Waals surface area contributed by atoms with Gasteiger partial charge < -0.3 is 9.80 Å². The van der Waals surface area contributed by atoms with Crippen LogP contribution in [-0.4, -0.2) is 46.1 Å². The molecule has 1 aliphatic heterocycles. The van der Waals surface area contributed by atoms with Crippen LogP contribution < -0.4 is 0 Å². The maximum atomic E-state index is 13.1. The van der Waals surface area contributed by atoms with Crippen LogP contribution in [0.3, 0.4) is 0 Å². The second kappa shape index (κ2) is 8.04. The second-order valence-corrected chi connectivity index (χ2v) is 7.48. The summed E-state index contributed by atoms with van der Waals surface area (Å²) in [5.74, 6) is 0.0577. The molecule has 26 heavy (non-hydrogen) atoms. The molecule has 5 heteroatoms. The number of carbonyl (C=O) groups excluding carboxylic acids is 1. The summed E-state index contributed by atoms with van der Waals surface area (Å²) in [7, 11) is 4.15. The summed E-state index contributed by atoms with van der Waals surface area (Å²) in [6.45, 7) is 6.58. The van der Waals surface area contributed by atoms with Gasteiger partial charge in [-0.25, -0.2) is 0 Å². The highest BCUT2D eigenvalue weighted by atomic mass is 16.2. The van der Waals surface area contributed by atoms with Crippen molar-refractivity contribution in [3.8, 4) is 0 Å². The van der Waals surface area contributed by atoms with Gasteiger partial charge in [-0.05, 0) is 64.4 Å². The Morgan fingerprint density at radius 1 is 1.23 bits per heavy atom. The summed E-state index contributed by atoms with van der Waals surface area (Å²) in [6, 6.07) is 10.8. The first-order valence-electron chi connectivity index (χ1n) is 9.58. The third-order valence-corrected chi connectivity index (χ3v) is 5.13. The van der Waals surface area contributed by atoms with E-state index in [1.807, 2.05) is 29.5 Å². The summed E-state index contributed by atoms with van der Waals surface area (Å²) in [5, 5.41) is 4.50. The Hall–Kier alpha value is -2.14. The third-order valence-electron chi connectivity index (χ3n) is 5.13. The number of piperidine rings is 1. The monoisotopic (exact) mass is 354 g/mol. The zero-order valence-corrected chi connectivity index (χ0v) is 16.4. The third kappa shape index (κ3) is 3.98. The molecule has 5 nitrogen and oxygen atoms in total. The van der Waals surface area contributed by atoms with Crippen LogP contribution in [0, 0.1) is 6.92 Å². The normalized spacial score (nSPS) is 17.7. The lowest BCUT2D eigenvalue weighted by Gasteiger charge is -2.35. The number of hydrogen-bond donors (Lipinski definition) is 0. The molecule has 1 fully saturated rings. The van der Waals surface area contributed by atoms with Crippen LogP contribution in [0.25, 0.3) is 0 Å². The van der Waals surface area contributed by atoms with Crippen molar-refractivity contribution in [2.24, 2.45) is 0 Å². The molecule has 0 spiro atoms. The first kappa shape index (κ1) is 18.6. The van der Waals surface area contributed by atoms with Crippen molar-refractivity contribution < 1.29 is 4.79 Å². The van der Waals surface area contributed by atoms with Gasteiger partial charge in [-0.2, -0.15) is 5.10 Å². The van der Waals surface area contributed by atoms with Gasteiger partial charge in [0.2, 0.25) is 0 Å². The second-order valence-electron chi connectivity index (χ2n) is 7.48. The highest BCUT2D eigenvalue weighted by molar-refractivity contribution is 5.92. The molecule has 0 N–H and O–H groups in total. The molecular weight excluding hydrogens is 324 g/mol. The molecule has 1 aromatic heterocycles. The van der Waals surface area contributed by atoms with Crippen molar-refractivity contribution in [2.45, 2.75) is 52.2 Å². The zero-order valence-electron chi connectivity index (χ0n) is 16.4. The van der Waals surface area contributed by atoms with E-state index in [2.05, 4.69) is 48.4 Å². The fourth-order valence-corrected chi connectivity index (χ4v) is 3.81. The molecule has 1 aromatic carbocycles. The van der Waals surface area contributed by atoms with Gasteiger partial charge in [0.15, 0.2) is 5.69 Å². The fourth-order valence-electron chi connectivity index (χ4n) is 3.81. The summed E-state index contributed by atoms with van der Waals surface area (Å²) in [6.07, 6.45) is 3.25. The summed E-state index contributed by atoms with van der Waals surface area (Å²) >= 11 is 0. The minimum Gasteiger partial charge on any atom is -0.330 e. The highest BCUT2D eigenvalue weighted by Gasteiger charge is 2.30. The number of rotatable bonds is 5. The highest BCUT2D eigenvalue weighted by Crippen LogP contribution is 2.32. The average molecular weight is 354 g/mol. The molecule has 0 aliphatic carbocycles. The minimum atomic E-state index is 0.0577. The molecule has 0 saturated carbocycles. The van der Waals surface area contributed by atoms with E-state index < -0.39 is 0 Å². The van der Waals surface area contributed by atoms with Gasteiger partial charge in [0.25, 0.3) is 5.91 Å². The maximum Gasteiger partial charge on any atom is 0.274 e. The molecule has 1 aliphatic rings. The standard InChI is InChI=1S/C21H30N4O/c1-5-25-16(2)14-19(22-25)21(26)24-13-7-6-8-20(24)18-11-9-17(10-12-18)15-23(3)4/h9-12,14,20H,5-8,13,15H2,1-4H3/t20-/m0/s1. The number of likely N-dealkylation sites (tertiary alicyclic amines) is 1. The first-order chi connectivity index (χ1) is 12.5. The predicted octanol–water partition coefficient (Wildman–Crippen LogP) is 3.64. The number of carbonyl (C=O) groups is 1. The van der Waals surface area contributed by atoms with Gasteiger partial charge in [-0.3, -0.25) is 9.48 Å². The van der Waals surface area contributed by atoms with Gasteiger partial charge in [0.05, 0.1) is 6.04 Å². The number of aryl methyl sites for hydroxylation is 2. The van der Waals surface area contributed by atoms with Crippen molar-refractivity contribution in [1.82, 2.24) is 19.6 Å². The summed E-state index contributed by atoms with van der Waals surface area (Å²) in [5.41, 5.74) is 4.13. The molecule has 0 bridgehead atoms. The van der Waals surface area contributed by atoms with E-state index in [4.69, 9.17) is 0 Å². The molecule has 0 radical (unpaired) electrons. The topological polar surface area (TPSA) is 41.4 Å². The number of nitrogens with zero attached hydrogens (tertiary/aromatic N) is 4. The SMILES string of the molecule is CCn1nc(C(=O)N2CCCC[C@H]2c2ccc(CN(C)C)cc2)cc1C. The van der Waals surface area contributed by atoms with Gasteiger partial charge >= 0.3 is 0 Å². The zero-order chi connectivity index (χ0) is 18.7. The van der Waals surface area contributed by atoms with E-state index in [-0.39, 0.29) is 11.9 Å². The molecule has 1 atom stereocenters. The Morgan fingerprint density at radius 2 is 1.96 bits per heavy atom. The number of amides is 1. The average Bonchev–Trinajstić information content (AvgIpc) is 3.02. The van der Waals surface area contributed by atoms with Gasteiger partial charge in [0, 0.05) is 25.3 Å². The molecule has 2 heterocycles. The molecule has 3 rings (SSSR count). The van der Waals surface area contributed by atoms with E-state index in [1.54, 1.807) is 0 Å². The Morgan fingerprint density at radius 3 is 2.58 bits per heavy atom. The molecule has 0 unspecified atom stereocenters. The molecular formula is C21H30N4O. The Balaban J connectivity index is 1.82. The molecule has 1 saturated heterocycles. The van der Waals surface area contributed by atoms with Gasteiger partial charge in [-0.15, -0.1) is 0 Å². The number of benzene rings is 1. The van der Waals surface area contributed by atoms with Crippen LogP contribution in [-0.2, 0) is 13.1 Å². The summed E-state index contributed by atoms with van der Waals surface area (Å²) < 4.78 is 1.89. The van der Waals surface area contributed by atoms with E-state index in [0.717, 1.165) is 44.6 Å². The van der Waals surface area contributed by atoms with E-state index in [9.17, 15) is 4.79 Å². The maximum absolute atomic E-state index is 13.1. The van der Waals surface area contributed by atoms with Crippen LogP contribution in [0.4, 0.5) is 0 Å². The minimum absolute atomic E-state index is 0.0577. The van der Waals surface area contributed by atoms with Gasteiger partial charge in [-0.1, -0.05) is 24.3 Å². The predicted molar refractivity (Wildman–Crippen MR) is 104 cm³/mol. The van der Waals surface area contributed by atoms with E-state index in [1.165, 1.54) is 11.1 Å². The van der Waals surface area contributed by atoms with Crippen molar-refractivity contribution in [2.75, 3.05) is 20.6 Å². The molecule has 2 aromatic rings. The van der Waals surface area contributed by atoms with Crippen LogP contribution in [0.1, 0.15) is 59.5 Å². The first-order valence-corrected chi connectivity index (χ1v) is 9.58. The van der Waals surface area contributed by atoms with Crippen molar-refractivity contribution >= 4 is 5.91 Å². The van der Waals surface area contributed by atoms with E-state index in [0.29, 0.717) is 5.69 Å². The van der Waals surface area contributed by atoms with Crippen LogP contribution in [0.15, 0.2) is 30.3 Å². The lowest BCUT2D eigenvalue weighted by molar-refractivity contribution is 0.0604. The molecule has 140 valence electrons. The van der Waals surface area contributed by atoms with Crippen molar-refractivity contribution in [3.63, 3.8) is 0 Å². The largest absolute Gasteiger partial charge is 0.330 e. The lowest BCUT2D eigenvalue weighted by atomic mass is 9.94. The van der Waals surface area contributed by atoms with Crippen LogP contribution >= 0.6 is 0 Å². The fraction of sp³-hybridized carbons (Fsp3) is 0.524.